The van der Waals surface area contributed by atoms with Crippen molar-refractivity contribution in [3.05, 3.63) is 29.3 Å². The van der Waals surface area contributed by atoms with Crippen molar-refractivity contribution in [1.82, 2.24) is 0 Å². The van der Waals surface area contributed by atoms with E-state index in [2.05, 4.69) is 15.9 Å². The second-order valence-corrected chi connectivity index (χ2v) is 5.93. The first kappa shape index (κ1) is 14.2. The van der Waals surface area contributed by atoms with Gasteiger partial charge in [0.15, 0.2) is 5.78 Å². The molecule has 1 amide bonds. The highest BCUT2D eigenvalue weighted by atomic mass is 79.9. The summed E-state index contributed by atoms with van der Waals surface area (Å²) < 4.78 is 4.87. The van der Waals surface area contributed by atoms with Crippen molar-refractivity contribution in [1.29, 1.82) is 0 Å². The summed E-state index contributed by atoms with van der Waals surface area (Å²) in [7, 11) is 1.51. The third-order valence-electron chi connectivity index (χ3n) is 3.19. The molecule has 0 spiro atoms. The predicted octanol–water partition coefficient (Wildman–Crippen LogP) is 2.19. The molecule has 1 aromatic carbocycles. The van der Waals surface area contributed by atoms with Crippen LogP contribution in [-0.4, -0.2) is 36.8 Å². The number of halogens is 1. The number of benzene rings is 1. The molecule has 0 aliphatic carbocycles. The molecule has 2 rings (SSSR count). The lowest BCUT2D eigenvalue weighted by Gasteiger charge is -2.17. The molecule has 1 atom stereocenters. The number of carbonyl (C=O) groups excluding carboxylic acids is 2. The van der Waals surface area contributed by atoms with Gasteiger partial charge in [-0.15, -0.1) is 0 Å². The average Bonchev–Trinajstić information content (AvgIpc) is 2.80. The van der Waals surface area contributed by atoms with E-state index in [1.807, 2.05) is 19.1 Å². The van der Waals surface area contributed by atoms with Crippen molar-refractivity contribution in [2.24, 2.45) is 0 Å². The number of amides is 1. The number of fused-ring (bicyclic) bond motifs is 1. The number of methoxy groups -OCH3 is 1. The number of ketones is 1. The summed E-state index contributed by atoms with van der Waals surface area (Å²) in [6.07, 6.45) is 0.780. The minimum atomic E-state index is -0.196. The molecular weight excluding hydrogens is 310 g/mol. The Kier molecular flexibility index (Phi) is 4.37. The van der Waals surface area contributed by atoms with Crippen molar-refractivity contribution in [2.45, 2.75) is 18.2 Å². The fourth-order valence-corrected chi connectivity index (χ4v) is 2.51. The van der Waals surface area contributed by atoms with Crippen molar-refractivity contribution < 1.29 is 14.3 Å². The van der Waals surface area contributed by atoms with E-state index in [0.717, 1.165) is 17.7 Å². The fraction of sp³-hybridized carbons (Fsp3) is 0.429. The Morgan fingerprint density at radius 1 is 1.47 bits per heavy atom. The molecule has 4 nitrogen and oxygen atoms in total. The van der Waals surface area contributed by atoms with Gasteiger partial charge in [-0.1, -0.05) is 15.9 Å². The quantitative estimate of drug-likeness (QED) is 0.629. The third kappa shape index (κ3) is 2.87. The Morgan fingerprint density at radius 3 is 2.84 bits per heavy atom. The van der Waals surface area contributed by atoms with Gasteiger partial charge in [0.25, 0.3) is 5.91 Å². The monoisotopic (exact) mass is 325 g/mol. The maximum Gasteiger partial charge on any atom is 0.252 e. The van der Waals surface area contributed by atoms with Gasteiger partial charge in [-0.3, -0.25) is 9.59 Å². The van der Waals surface area contributed by atoms with Gasteiger partial charge in [0.2, 0.25) is 0 Å². The average molecular weight is 326 g/mol. The zero-order valence-electron chi connectivity index (χ0n) is 11.0. The molecule has 5 heteroatoms. The summed E-state index contributed by atoms with van der Waals surface area (Å²) in [5, 5.41) is 0. The van der Waals surface area contributed by atoms with Crippen molar-refractivity contribution >= 4 is 33.3 Å². The number of nitrogens with zero attached hydrogens (tertiary/aromatic N) is 1. The largest absolute Gasteiger partial charge is 0.375 e. The van der Waals surface area contributed by atoms with E-state index in [0.29, 0.717) is 12.1 Å². The minimum absolute atomic E-state index is 0.0470. The molecule has 0 fully saturated rings. The van der Waals surface area contributed by atoms with E-state index >= 15 is 0 Å². The number of rotatable bonds is 4. The van der Waals surface area contributed by atoms with E-state index in [-0.39, 0.29) is 23.1 Å². The number of hydrogen-bond donors (Lipinski definition) is 0. The number of anilines is 1. The van der Waals surface area contributed by atoms with Crippen LogP contribution in [0.15, 0.2) is 18.2 Å². The Morgan fingerprint density at radius 2 is 2.21 bits per heavy atom. The summed E-state index contributed by atoms with van der Waals surface area (Å²) in [6, 6.07) is 5.51. The fourth-order valence-electron chi connectivity index (χ4n) is 2.25. The summed E-state index contributed by atoms with van der Waals surface area (Å²) >= 11 is 3.28. The van der Waals surface area contributed by atoms with Gasteiger partial charge in [-0.2, -0.15) is 0 Å². The highest BCUT2D eigenvalue weighted by molar-refractivity contribution is 9.10. The summed E-state index contributed by atoms with van der Waals surface area (Å²) in [5.74, 6) is 0.0126. The number of ether oxygens (including phenoxy) is 1. The van der Waals surface area contributed by atoms with E-state index in [1.165, 1.54) is 7.11 Å². The van der Waals surface area contributed by atoms with Crippen LogP contribution in [0.3, 0.4) is 0 Å². The molecule has 1 aliphatic rings. The lowest BCUT2D eigenvalue weighted by Crippen LogP contribution is -2.31. The second-order valence-electron chi connectivity index (χ2n) is 4.55. The number of hydrogen-bond acceptors (Lipinski definition) is 3. The normalized spacial score (nSPS) is 15.2. The van der Waals surface area contributed by atoms with Crippen LogP contribution in [0.2, 0.25) is 0 Å². The van der Waals surface area contributed by atoms with Gasteiger partial charge >= 0.3 is 0 Å². The first-order valence-electron chi connectivity index (χ1n) is 6.15. The van der Waals surface area contributed by atoms with Gasteiger partial charge < -0.3 is 9.64 Å². The standard InChI is InChI=1S/C14H16BrNO3/c1-9(15)14(18)11-3-4-12-10(7-11)5-6-16(12)13(17)8-19-2/h3-4,7,9H,5-6,8H2,1-2H3. The van der Waals surface area contributed by atoms with Crippen LogP contribution in [0, 0.1) is 0 Å². The van der Waals surface area contributed by atoms with Crippen LogP contribution < -0.4 is 4.90 Å². The summed E-state index contributed by atoms with van der Waals surface area (Å²) in [5.41, 5.74) is 2.62. The predicted molar refractivity (Wildman–Crippen MR) is 77.1 cm³/mol. The molecule has 0 aromatic heterocycles. The molecule has 102 valence electrons. The zero-order valence-corrected chi connectivity index (χ0v) is 12.6. The van der Waals surface area contributed by atoms with E-state index in [4.69, 9.17) is 4.74 Å². The topological polar surface area (TPSA) is 46.6 Å². The molecule has 0 bridgehead atoms. The lowest BCUT2D eigenvalue weighted by molar-refractivity contribution is -0.122. The number of Topliss-reactive ketones (excluding diaryl/α,β-unsaturated/α-hetero) is 1. The Bertz CT molecular complexity index is 513. The Labute approximate surface area is 120 Å². The summed E-state index contributed by atoms with van der Waals surface area (Å²) in [4.78, 5) is 25.3. The van der Waals surface area contributed by atoms with Gasteiger partial charge in [-0.05, 0) is 37.1 Å². The molecule has 19 heavy (non-hydrogen) atoms. The molecular formula is C14H16BrNO3. The minimum Gasteiger partial charge on any atom is -0.375 e. The number of alkyl halides is 1. The molecule has 0 saturated carbocycles. The van der Waals surface area contributed by atoms with Crippen LogP contribution in [0.5, 0.6) is 0 Å². The molecule has 1 aromatic rings. The highest BCUT2D eigenvalue weighted by Gasteiger charge is 2.25. The molecule has 0 saturated heterocycles. The van der Waals surface area contributed by atoms with Crippen LogP contribution >= 0.6 is 15.9 Å². The molecule has 1 heterocycles. The molecule has 1 aliphatic heterocycles. The highest BCUT2D eigenvalue weighted by Crippen LogP contribution is 2.29. The van der Waals surface area contributed by atoms with Gasteiger partial charge in [-0.25, -0.2) is 0 Å². The van der Waals surface area contributed by atoms with Gasteiger partial charge in [0.05, 0.1) is 4.83 Å². The van der Waals surface area contributed by atoms with E-state index in [1.54, 1.807) is 11.0 Å². The number of carbonyl (C=O) groups is 2. The molecule has 1 unspecified atom stereocenters. The van der Waals surface area contributed by atoms with Crippen molar-refractivity contribution in [2.75, 3.05) is 25.2 Å². The van der Waals surface area contributed by atoms with Crippen LogP contribution in [0.1, 0.15) is 22.8 Å². The Hall–Kier alpha value is -1.20. The van der Waals surface area contributed by atoms with Crippen molar-refractivity contribution in [3.63, 3.8) is 0 Å². The second kappa shape index (κ2) is 5.84. The van der Waals surface area contributed by atoms with Gasteiger partial charge in [0, 0.05) is 24.9 Å². The third-order valence-corrected chi connectivity index (χ3v) is 3.61. The van der Waals surface area contributed by atoms with E-state index < -0.39 is 0 Å². The lowest BCUT2D eigenvalue weighted by atomic mass is 10.0. The Balaban J connectivity index is 2.25. The first-order valence-corrected chi connectivity index (χ1v) is 7.06. The maximum atomic E-state index is 11.9. The van der Waals surface area contributed by atoms with E-state index in [9.17, 15) is 9.59 Å². The van der Waals surface area contributed by atoms with Crippen LogP contribution in [0.25, 0.3) is 0 Å². The molecule has 0 radical (unpaired) electrons. The van der Waals surface area contributed by atoms with Gasteiger partial charge in [0.1, 0.15) is 6.61 Å². The molecule has 0 N–H and O–H groups in total. The van der Waals surface area contributed by atoms with Crippen molar-refractivity contribution in [3.8, 4) is 0 Å². The van der Waals surface area contributed by atoms with Crippen LogP contribution in [-0.2, 0) is 16.0 Å². The summed E-state index contributed by atoms with van der Waals surface area (Å²) in [6.45, 7) is 2.54. The van der Waals surface area contributed by atoms with Crippen LogP contribution in [0.4, 0.5) is 5.69 Å². The first-order chi connectivity index (χ1) is 9.04. The SMILES string of the molecule is COCC(=O)N1CCc2cc(C(=O)C(C)Br)ccc21. The zero-order chi connectivity index (χ0) is 14.0. The smallest absolute Gasteiger partial charge is 0.252 e. The maximum absolute atomic E-state index is 11.9.